The molecule has 0 amide bonds. The summed E-state index contributed by atoms with van der Waals surface area (Å²) in [5.41, 5.74) is 19.4. The second-order valence-electron chi connectivity index (χ2n) is 15.5. The topological polar surface area (TPSA) is 77.3 Å². The van der Waals surface area contributed by atoms with E-state index in [1.54, 1.807) is 0 Å². The van der Waals surface area contributed by atoms with Crippen LogP contribution in [-0.2, 0) is 5.41 Å². The van der Waals surface area contributed by atoms with Crippen molar-refractivity contribution in [1.82, 2.24) is 29.9 Å². The molecule has 0 atom stereocenters. The van der Waals surface area contributed by atoms with Crippen LogP contribution in [0.1, 0.15) is 22.3 Å². The minimum Gasteiger partial charge on any atom is -0.264 e. The fraction of sp³-hybridized carbons (Fsp3) is 0.0182. The summed E-state index contributed by atoms with van der Waals surface area (Å²) < 4.78 is 0. The highest BCUT2D eigenvalue weighted by Gasteiger charge is 2.53. The van der Waals surface area contributed by atoms with Crippen molar-refractivity contribution < 1.29 is 0 Å². The maximum Gasteiger partial charge on any atom is 0.160 e. The van der Waals surface area contributed by atoms with Gasteiger partial charge < -0.3 is 0 Å². The van der Waals surface area contributed by atoms with Gasteiger partial charge in [-0.25, -0.2) is 9.97 Å². The lowest BCUT2D eigenvalue weighted by molar-refractivity contribution is 0.786. The van der Waals surface area contributed by atoms with E-state index in [1.165, 1.54) is 22.3 Å². The quantitative estimate of drug-likeness (QED) is 0.167. The average Bonchev–Trinajstić information content (AvgIpc) is 3.82. The molecule has 284 valence electrons. The number of rotatable bonds is 6. The van der Waals surface area contributed by atoms with Gasteiger partial charge in [0, 0.05) is 64.4 Å². The van der Waals surface area contributed by atoms with E-state index in [4.69, 9.17) is 24.9 Å². The second kappa shape index (κ2) is 14.0. The Kier molecular flexibility index (Phi) is 7.96. The zero-order chi connectivity index (χ0) is 40.3. The average molecular weight is 779 g/mol. The van der Waals surface area contributed by atoms with Gasteiger partial charge in [0.25, 0.3) is 0 Å². The molecule has 0 saturated carbocycles. The third kappa shape index (κ3) is 5.50. The Morgan fingerprint density at radius 2 is 0.803 bits per heavy atom. The lowest BCUT2D eigenvalue weighted by Gasteiger charge is -2.29. The first-order chi connectivity index (χ1) is 30.2. The predicted molar refractivity (Wildman–Crippen MR) is 242 cm³/mol. The SMILES string of the molecule is c1ccc(-c2ccc(-c3cc(-c4ccc(-c5ccc(-c6nccc7c6-c6cnccc6C76c7cccnc7-c7ncccc76)cc5)cc4)nc(-c4ccccc4)n3)cc2)cc1. The molecule has 6 nitrogen and oxygen atoms in total. The smallest absolute Gasteiger partial charge is 0.160 e. The molecule has 1 spiro atoms. The summed E-state index contributed by atoms with van der Waals surface area (Å²) in [6.07, 6.45) is 9.52. The van der Waals surface area contributed by atoms with Crippen molar-refractivity contribution in [1.29, 1.82) is 0 Å². The van der Waals surface area contributed by atoms with Crippen molar-refractivity contribution in [2.24, 2.45) is 0 Å². The van der Waals surface area contributed by atoms with Crippen LogP contribution in [0.5, 0.6) is 0 Å². The van der Waals surface area contributed by atoms with Crippen LogP contribution in [0.4, 0.5) is 0 Å². The van der Waals surface area contributed by atoms with Crippen LogP contribution in [-0.4, -0.2) is 29.9 Å². The highest BCUT2D eigenvalue weighted by Crippen LogP contribution is 2.62. The molecular formula is C55H34N6. The Morgan fingerprint density at radius 3 is 1.38 bits per heavy atom. The molecule has 5 heterocycles. The summed E-state index contributed by atoms with van der Waals surface area (Å²) in [6, 6.07) is 61.4. The van der Waals surface area contributed by atoms with Crippen molar-refractivity contribution in [2.75, 3.05) is 0 Å². The number of hydrogen-bond donors (Lipinski definition) is 0. The molecule has 0 radical (unpaired) electrons. The number of hydrogen-bond acceptors (Lipinski definition) is 6. The number of aromatic nitrogens is 6. The molecule has 2 aliphatic rings. The Morgan fingerprint density at radius 1 is 0.328 bits per heavy atom. The molecule has 5 aromatic heterocycles. The van der Waals surface area contributed by atoms with Crippen molar-refractivity contribution >= 4 is 0 Å². The van der Waals surface area contributed by atoms with E-state index in [0.717, 1.165) is 84.1 Å². The highest BCUT2D eigenvalue weighted by molar-refractivity contribution is 5.97. The van der Waals surface area contributed by atoms with E-state index in [9.17, 15) is 0 Å². The van der Waals surface area contributed by atoms with Crippen molar-refractivity contribution in [3.8, 4) is 89.9 Å². The van der Waals surface area contributed by atoms with Crippen LogP contribution in [0.3, 0.4) is 0 Å². The molecule has 12 rings (SSSR count). The first-order valence-corrected chi connectivity index (χ1v) is 20.4. The molecule has 61 heavy (non-hydrogen) atoms. The molecule has 0 saturated heterocycles. The molecule has 10 aromatic rings. The largest absolute Gasteiger partial charge is 0.264 e. The van der Waals surface area contributed by atoms with Gasteiger partial charge in [-0.2, -0.15) is 0 Å². The molecule has 6 heteroatoms. The normalized spacial score (nSPS) is 12.7. The molecule has 0 bridgehead atoms. The summed E-state index contributed by atoms with van der Waals surface area (Å²) in [4.78, 5) is 29.5. The molecule has 0 aliphatic heterocycles. The number of fused-ring (bicyclic) bond motifs is 10. The molecule has 0 fully saturated rings. The van der Waals surface area contributed by atoms with Gasteiger partial charge in [0.1, 0.15) is 0 Å². The number of nitrogens with zero attached hydrogens (tertiary/aromatic N) is 6. The zero-order valence-electron chi connectivity index (χ0n) is 32.8. The van der Waals surface area contributed by atoms with E-state index in [-0.39, 0.29) is 0 Å². The van der Waals surface area contributed by atoms with E-state index in [1.807, 2.05) is 67.4 Å². The molecule has 5 aromatic carbocycles. The molecule has 0 unspecified atom stereocenters. The van der Waals surface area contributed by atoms with Gasteiger partial charge in [-0.1, -0.05) is 146 Å². The Balaban J connectivity index is 0.891. The van der Waals surface area contributed by atoms with E-state index >= 15 is 0 Å². The third-order valence-corrected chi connectivity index (χ3v) is 12.2. The van der Waals surface area contributed by atoms with Crippen molar-refractivity contribution in [3.05, 3.63) is 229 Å². The molecule has 0 N–H and O–H groups in total. The van der Waals surface area contributed by atoms with Crippen LogP contribution in [0.15, 0.2) is 207 Å². The minimum absolute atomic E-state index is 0.556. The van der Waals surface area contributed by atoms with E-state index < -0.39 is 5.41 Å². The van der Waals surface area contributed by atoms with Crippen LogP contribution in [0.25, 0.3) is 89.9 Å². The van der Waals surface area contributed by atoms with E-state index in [0.29, 0.717) is 5.82 Å². The third-order valence-electron chi connectivity index (χ3n) is 12.2. The van der Waals surface area contributed by atoms with Gasteiger partial charge >= 0.3 is 0 Å². The first kappa shape index (κ1) is 34.8. The van der Waals surface area contributed by atoms with Gasteiger partial charge in [-0.05, 0) is 74.8 Å². The van der Waals surface area contributed by atoms with Crippen LogP contribution < -0.4 is 0 Å². The lowest BCUT2D eigenvalue weighted by Crippen LogP contribution is -2.26. The van der Waals surface area contributed by atoms with Crippen molar-refractivity contribution in [3.63, 3.8) is 0 Å². The van der Waals surface area contributed by atoms with Gasteiger partial charge in [0.05, 0.1) is 33.9 Å². The van der Waals surface area contributed by atoms with Gasteiger partial charge in [-0.3, -0.25) is 19.9 Å². The summed E-state index contributed by atoms with van der Waals surface area (Å²) in [5, 5.41) is 0. The Hall–Kier alpha value is -8.22. The second-order valence-corrected chi connectivity index (χ2v) is 15.5. The van der Waals surface area contributed by atoms with Gasteiger partial charge in [0.2, 0.25) is 0 Å². The lowest BCUT2D eigenvalue weighted by atomic mass is 9.71. The minimum atomic E-state index is -0.556. The summed E-state index contributed by atoms with van der Waals surface area (Å²) in [5.74, 6) is 0.694. The standard InChI is InChI=1S/C55H34N6/c1-3-9-35(10-4-1)36-15-21-39(22-16-36)48-33-49(61-54(60-48)42-11-5-2-6-12-42)40-23-17-37(18-24-40)38-19-25-41(26-20-38)51-50-43-34-56-31-27-44(43)55(45(50)28-32-59-51)46-13-7-29-57-52(46)53-47(55)14-8-30-58-53/h1-34H. The maximum absolute atomic E-state index is 5.08. The summed E-state index contributed by atoms with van der Waals surface area (Å²) in [7, 11) is 0. The molecule has 2 aliphatic carbocycles. The van der Waals surface area contributed by atoms with Crippen LogP contribution >= 0.6 is 0 Å². The monoisotopic (exact) mass is 778 g/mol. The van der Waals surface area contributed by atoms with Crippen LogP contribution in [0.2, 0.25) is 0 Å². The van der Waals surface area contributed by atoms with Crippen molar-refractivity contribution in [2.45, 2.75) is 5.41 Å². The van der Waals surface area contributed by atoms with E-state index in [2.05, 4.69) is 145 Å². The maximum atomic E-state index is 5.08. The predicted octanol–water partition coefficient (Wildman–Crippen LogP) is 12.4. The van der Waals surface area contributed by atoms with Gasteiger partial charge in [0.15, 0.2) is 5.82 Å². The number of benzene rings is 5. The Bertz CT molecular complexity index is 3230. The summed E-state index contributed by atoms with van der Waals surface area (Å²) >= 11 is 0. The fourth-order valence-corrected chi connectivity index (χ4v) is 9.43. The Labute approximate surface area is 353 Å². The highest BCUT2D eigenvalue weighted by atomic mass is 14.9. The summed E-state index contributed by atoms with van der Waals surface area (Å²) in [6.45, 7) is 0. The number of pyridine rings is 4. The van der Waals surface area contributed by atoms with Gasteiger partial charge in [-0.15, -0.1) is 0 Å². The fourth-order valence-electron chi connectivity index (χ4n) is 9.43. The first-order valence-electron chi connectivity index (χ1n) is 20.4. The molecular weight excluding hydrogens is 745 g/mol. The van der Waals surface area contributed by atoms with Crippen LogP contribution in [0, 0.1) is 0 Å². The zero-order valence-corrected chi connectivity index (χ0v) is 32.8.